The van der Waals surface area contributed by atoms with Gasteiger partial charge >= 0.3 is 0 Å². The molecule has 1 fully saturated rings. The van der Waals surface area contributed by atoms with Crippen molar-refractivity contribution in [1.29, 1.82) is 0 Å². The molecule has 0 aliphatic carbocycles. The Morgan fingerprint density at radius 1 is 1.59 bits per heavy atom. The van der Waals surface area contributed by atoms with E-state index in [0.717, 1.165) is 31.3 Å². The summed E-state index contributed by atoms with van der Waals surface area (Å²) in [4.78, 5) is 11.0. The lowest BCUT2D eigenvalue weighted by molar-refractivity contribution is 0.143. The third kappa shape index (κ3) is 3.14. The number of anilines is 1. The first-order chi connectivity index (χ1) is 8.33. The van der Waals surface area contributed by atoms with Crippen molar-refractivity contribution < 1.29 is 4.74 Å². The molecule has 2 rings (SSSR count). The maximum absolute atomic E-state index is 5.59. The summed E-state index contributed by atoms with van der Waals surface area (Å²) in [5, 5.41) is 0. The highest BCUT2D eigenvalue weighted by molar-refractivity contribution is 5.31. The molecule has 5 nitrogen and oxygen atoms in total. The second-order valence-corrected chi connectivity index (χ2v) is 4.46. The highest BCUT2D eigenvalue weighted by Crippen LogP contribution is 2.20. The molecule has 5 heteroatoms. The van der Waals surface area contributed by atoms with Crippen LogP contribution in [0, 0.1) is 5.92 Å². The predicted octanol–water partition coefficient (Wildman–Crippen LogP) is 0.798. The zero-order valence-corrected chi connectivity index (χ0v) is 10.3. The Hall–Kier alpha value is -1.20. The fourth-order valence-electron chi connectivity index (χ4n) is 2.27. The summed E-state index contributed by atoms with van der Waals surface area (Å²) in [5.41, 5.74) is 6.49. The van der Waals surface area contributed by atoms with Gasteiger partial charge in [-0.1, -0.05) is 0 Å². The van der Waals surface area contributed by atoms with Crippen molar-refractivity contribution in [2.75, 3.05) is 31.7 Å². The second-order valence-electron chi connectivity index (χ2n) is 4.46. The topological polar surface area (TPSA) is 64.3 Å². The number of aromatic nitrogens is 2. The average Bonchev–Trinajstić information content (AvgIpc) is 2.40. The molecule has 0 spiro atoms. The van der Waals surface area contributed by atoms with Crippen LogP contribution in [0.15, 0.2) is 12.3 Å². The zero-order valence-electron chi connectivity index (χ0n) is 10.3. The van der Waals surface area contributed by atoms with Gasteiger partial charge in [0.1, 0.15) is 0 Å². The molecule has 0 amide bonds. The smallest absolute Gasteiger partial charge is 0.225 e. The Kier molecular flexibility index (Phi) is 4.28. The van der Waals surface area contributed by atoms with Gasteiger partial charge in [-0.15, -0.1) is 0 Å². The molecule has 17 heavy (non-hydrogen) atoms. The minimum Gasteiger partial charge on any atom is -0.384 e. The van der Waals surface area contributed by atoms with E-state index in [4.69, 9.17) is 10.5 Å². The molecule has 1 aliphatic heterocycles. The first kappa shape index (κ1) is 12.3. The Morgan fingerprint density at radius 2 is 2.47 bits per heavy atom. The van der Waals surface area contributed by atoms with Crippen molar-refractivity contribution in [2.45, 2.75) is 19.4 Å². The normalized spacial score (nSPS) is 20.6. The molecule has 1 aromatic heterocycles. The Labute approximate surface area is 102 Å². The van der Waals surface area contributed by atoms with Gasteiger partial charge in [0.25, 0.3) is 0 Å². The molecular formula is C12H20N4O. The van der Waals surface area contributed by atoms with E-state index in [9.17, 15) is 0 Å². The van der Waals surface area contributed by atoms with Crippen LogP contribution in [-0.4, -0.2) is 36.8 Å². The molecule has 94 valence electrons. The van der Waals surface area contributed by atoms with Gasteiger partial charge in [0, 0.05) is 32.9 Å². The van der Waals surface area contributed by atoms with Crippen LogP contribution in [0.2, 0.25) is 0 Å². The van der Waals surface area contributed by atoms with Crippen LogP contribution >= 0.6 is 0 Å². The molecule has 1 saturated heterocycles. The number of nitrogens with two attached hydrogens (primary N) is 1. The van der Waals surface area contributed by atoms with Crippen molar-refractivity contribution in [1.82, 2.24) is 9.97 Å². The minimum atomic E-state index is 0.463. The van der Waals surface area contributed by atoms with Gasteiger partial charge in [0.15, 0.2) is 0 Å². The Bertz CT molecular complexity index is 356. The number of hydrogen-bond donors (Lipinski definition) is 1. The highest BCUT2D eigenvalue weighted by Gasteiger charge is 2.21. The largest absolute Gasteiger partial charge is 0.384 e. The molecule has 1 aliphatic rings. The standard InChI is InChI=1S/C12H20N4O/c1-17-9-10-3-2-6-16(8-10)12-14-5-4-11(7-13)15-12/h4-5,10H,2-3,6-9,13H2,1H3. The Balaban J connectivity index is 2.05. The van der Waals surface area contributed by atoms with Crippen molar-refractivity contribution in [3.8, 4) is 0 Å². The molecule has 1 unspecified atom stereocenters. The quantitative estimate of drug-likeness (QED) is 0.837. The summed E-state index contributed by atoms with van der Waals surface area (Å²) in [5.74, 6) is 1.38. The number of piperidine rings is 1. The monoisotopic (exact) mass is 236 g/mol. The van der Waals surface area contributed by atoms with Gasteiger partial charge in [-0.2, -0.15) is 0 Å². The lowest BCUT2D eigenvalue weighted by atomic mass is 9.99. The van der Waals surface area contributed by atoms with Crippen LogP contribution in [0.25, 0.3) is 0 Å². The minimum absolute atomic E-state index is 0.463. The van der Waals surface area contributed by atoms with Crippen LogP contribution in [-0.2, 0) is 11.3 Å². The van der Waals surface area contributed by atoms with Gasteiger partial charge in [0.05, 0.1) is 12.3 Å². The molecule has 0 aromatic carbocycles. The van der Waals surface area contributed by atoms with Crippen molar-refractivity contribution in [3.63, 3.8) is 0 Å². The van der Waals surface area contributed by atoms with E-state index in [-0.39, 0.29) is 0 Å². The van der Waals surface area contributed by atoms with Crippen molar-refractivity contribution >= 4 is 5.95 Å². The highest BCUT2D eigenvalue weighted by atomic mass is 16.5. The summed E-state index contributed by atoms with van der Waals surface area (Å²) < 4.78 is 5.22. The first-order valence-electron chi connectivity index (χ1n) is 6.09. The van der Waals surface area contributed by atoms with Crippen LogP contribution in [0.1, 0.15) is 18.5 Å². The molecule has 2 heterocycles. The van der Waals surface area contributed by atoms with Crippen molar-refractivity contribution in [2.24, 2.45) is 11.7 Å². The number of rotatable bonds is 4. The summed E-state index contributed by atoms with van der Waals surface area (Å²) >= 11 is 0. The van der Waals surface area contributed by atoms with Crippen LogP contribution in [0.3, 0.4) is 0 Å². The number of hydrogen-bond acceptors (Lipinski definition) is 5. The SMILES string of the molecule is COCC1CCCN(c2nccc(CN)n2)C1. The molecule has 1 atom stereocenters. The van der Waals surface area contributed by atoms with E-state index in [0.29, 0.717) is 12.5 Å². The van der Waals surface area contributed by atoms with E-state index in [2.05, 4.69) is 14.9 Å². The molecule has 0 radical (unpaired) electrons. The van der Waals surface area contributed by atoms with E-state index in [1.807, 2.05) is 6.07 Å². The molecule has 0 saturated carbocycles. The Morgan fingerprint density at radius 3 is 3.24 bits per heavy atom. The maximum Gasteiger partial charge on any atom is 0.225 e. The van der Waals surface area contributed by atoms with Crippen molar-refractivity contribution in [3.05, 3.63) is 18.0 Å². The molecule has 1 aromatic rings. The summed E-state index contributed by atoms with van der Waals surface area (Å²) in [6.07, 6.45) is 4.18. The molecular weight excluding hydrogens is 216 g/mol. The van der Waals surface area contributed by atoms with E-state index in [1.165, 1.54) is 12.8 Å². The fourth-order valence-corrected chi connectivity index (χ4v) is 2.27. The lowest BCUT2D eigenvalue weighted by Crippen LogP contribution is -2.38. The average molecular weight is 236 g/mol. The number of nitrogens with zero attached hydrogens (tertiary/aromatic N) is 3. The summed E-state index contributed by atoms with van der Waals surface area (Å²) in [7, 11) is 1.75. The van der Waals surface area contributed by atoms with E-state index < -0.39 is 0 Å². The van der Waals surface area contributed by atoms with E-state index >= 15 is 0 Å². The fraction of sp³-hybridized carbons (Fsp3) is 0.667. The first-order valence-corrected chi connectivity index (χ1v) is 6.09. The summed E-state index contributed by atoms with van der Waals surface area (Å²) in [6, 6.07) is 1.86. The maximum atomic E-state index is 5.59. The number of ether oxygens (including phenoxy) is 1. The lowest BCUT2D eigenvalue weighted by Gasteiger charge is -2.32. The van der Waals surface area contributed by atoms with Gasteiger partial charge in [-0.05, 0) is 24.8 Å². The van der Waals surface area contributed by atoms with Gasteiger partial charge in [-0.25, -0.2) is 9.97 Å². The summed E-state index contributed by atoms with van der Waals surface area (Å²) in [6.45, 7) is 3.27. The third-order valence-corrected chi connectivity index (χ3v) is 3.11. The van der Waals surface area contributed by atoms with Gasteiger partial charge in [0.2, 0.25) is 5.95 Å². The molecule has 2 N–H and O–H groups in total. The van der Waals surface area contributed by atoms with Crippen LogP contribution in [0.5, 0.6) is 0 Å². The van der Waals surface area contributed by atoms with E-state index in [1.54, 1.807) is 13.3 Å². The van der Waals surface area contributed by atoms with Crippen LogP contribution in [0.4, 0.5) is 5.95 Å². The van der Waals surface area contributed by atoms with Gasteiger partial charge in [-0.3, -0.25) is 0 Å². The van der Waals surface area contributed by atoms with Crippen LogP contribution < -0.4 is 10.6 Å². The zero-order chi connectivity index (χ0) is 12.1. The third-order valence-electron chi connectivity index (χ3n) is 3.11. The number of methoxy groups -OCH3 is 1. The second kappa shape index (κ2) is 5.93. The molecule has 0 bridgehead atoms. The van der Waals surface area contributed by atoms with Gasteiger partial charge < -0.3 is 15.4 Å². The predicted molar refractivity (Wildman–Crippen MR) is 66.7 cm³/mol.